The Hall–Kier alpha value is -1.95. The number of nitrogens with one attached hydrogen (secondary N) is 2. The molecule has 0 atom stereocenters. The number of aryl methyl sites for hydroxylation is 1. The number of carbonyl (C=O) groups is 1. The van der Waals surface area contributed by atoms with E-state index in [4.69, 9.17) is 0 Å². The lowest BCUT2D eigenvalue weighted by Gasteiger charge is -2.07. The van der Waals surface area contributed by atoms with Crippen LogP contribution in [0.4, 0.5) is 9.18 Å². The summed E-state index contributed by atoms with van der Waals surface area (Å²) >= 11 is 1.49. The number of hydrogen-bond acceptors (Lipinski definition) is 3. The monoisotopic (exact) mass is 279 g/mol. The van der Waals surface area contributed by atoms with Crippen LogP contribution in [0.25, 0.3) is 0 Å². The fourth-order valence-corrected chi connectivity index (χ4v) is 2.23. The standard InChI is InChI=1S/C13H14FN3OS/c1-9-8-19-12(17-9)7-16-13(18)15-6-10-4-2-3-5-11(10)14/h2-5,8H,6-7H2,1H3,(H2,15,16,18). The van der Waals surface area contributed by atoms with Crippen LogP contribution in [-0.2, 0) is 13.1 Å². The highest BCUT2D eigenvalue weighted by Crippen LogP contribution is 2.08. The Kier molecular flexibility index (Phi) is 4.46. The molecular weight excluding hydrogens is 265 g/mol. The molecule has 19 heavy (non-hydrogen) atoms. The van der Waals surface area contributed by atoms with Crippen LogP contribution in [0.5, 0.6) is 0 Å². The van der Waals surface area contributed by atoms with Crippen molar-refractivity contribution in [2.45, 2.75) is 20.0 Å². The van der Waals surface area contributed by atoms with E-state index < -0.39 is 0 Å². The molecule has 0 aliphatic rings. The second-order valence-corrected chi connectivity index (χ2v) is 4.95. The molecule has 1 aromatic carbocycles. The van der Waals surface area contributed by atoms with Gasteiger partial charge in [-0.15, -0.1) is 11.3 Å². The molecule has 0 bridgehead atoms. The van der Waals surface area contributed by atoms with Gasteiger partial charge < -0.3 is 10.6 Å². The highest BCUT2D eigenvalue weighted by atomic mass is 32.1. The normalized spacial score (nSPS) is 10.2. The second-order valence-electron chi connectivity index (χ2n) is 4.01. The summed E-state index contributed by atoms with van der Waals surface area (Å²) in [6.45, 7) is 2.44. The minimum atomic E-state index is -0.337. The van der Waals surface area contributed by atoms with E-state index in [0.29, 0.717) is 12.1 Å². The first-order valence-corrected chi connectivity index (χ1v) is 6.69. The van der Waals surface area contributed by atoms with Gasteiger partial charge in [-0.25, -0.2) is 14.2 Å². The van der Waals surface area contributed by atoms with Crippen LogP contribution in [-0.4, -0.2) is 11.0 Å². The van der Waals surface area contributed by atoms with Crippen LogP contribution in [0, 0.1) is 12.7 Å². The van der Waals surface area contributed by atoms with E-state index in [1.54, 1.807) is 18.2 Å². The van der Waals surface area contributed by atoms with Crippen molar-refractivity contribution in [3.63, 3.8) is 0 Å². The topological polar surface area (TPSA) is 54.0 Å². The number of amides is 2. The number of carbonyl (C=O) groups excluding carboxylic acids is 1. The van der Waals surface area contributed by atoms with Crippen molar-refractivity contribution in [3.8, 4) is 0 Å². The number of hydrogen-bond donors (Lipinski definition) is 2. The average molecular weight is 279 g/mol. The van der Waals surface area contributed by atoms with Gasteiger partial charge in [0.05, 0.1) is 6.54 Å². The van der Waals surface area contributed by atoms with E-state index in [1.807, 2.05) is 12.3 Å². The fraction of sp³-hybridized carbons (Fsp3) is 0.231. The van der Waals surface area contributed by atoms with E-state index in [-0.39, 0.29) is 18.4 Å². The third-order valence-corrected chi connectivity index (χ3v) is 3.43. The van der Waals surface area contributed by atoms with E-state index >= 15 is 0 Å². The van der Waals surface area contributed by atoms with Crippen molar-refractivity contribution in [1.29, 1.82) is 0 Å². The Bertz CT molecular complexity index is 571. The van der Waals surface area contributed by atoms with Crippen molar-refractivity contribution >= 4 is 17.4 Å². The molecule has 1 aromatic heterocycles. The lowest BCUT2D eigenvalue weighted by molar-refractivity contribution is 0.240. The molecule has 1 heterocycles. The number of urea groups is 1. The zero-order valence-electron chi connectivity index (χ0n) is 10.4. The molecule has 0 aliphatic heterocycles. The Labute approximate surface area is 114 Å². The summed E-state index contributed by atoms with van der Waals surface area (Å²) in [6, 6.07) is 6.02. The van der Waals surface area contributed by atoms with Gasteiger partial charge in [0, 0.05) is 23.2 Å². The van der Waals surface area contributed by atoms with Crippen molar-refractivity contribution in [1.82, 2.24) is 15.6 Å². The number of nitrogens with zero attached hydrogens (tertiary/aromatic N) is 1. The van der Waals surface area contributed by atoms with Crippen LogP contribution in [0.15, 0.2) is 29.6 Å². The molecule has 2 aromatic rings. The molecule has 0 fully saturated rings. The van der Waals surface area contributed by atoms with E-state index in [0.717, 1.165) is 10.7 Å². The lowest BCUT2D eigenvalue weighted by Crippen LogP contribution is -2.34. The average Bonchev–Trinajstić information content (AvgIpc) is 2.81. The van der Waals surface area contributed by atoms with Gasteiger partial charge in [-0.05, 0) is 13.0 Å². The van der Waals surface area contributed by atoms with Gasteiger partial charge >= 0.3 is 6.03 Å². The summed E-state index contributed by atoms with van der Waals surface area (Å²) < 4.78 is 13.3. The summed E-state index contributed by atoms with van der Waals surface area (Å²) in [5.41, 5.74) is 1.40. The third-order valence-electron chi connectivity index (χ3n) is 2.46. The van der Waals surface area contributed by atoms with Crippen molar-refractivity contribution in [2.75, 3.05) is 0 Å². The molecule has 100 valence electrons. The molecule has 6 heteroatoms. The van der Waals surface area contributed by atoms with Gasteiger partial charge in [0.25, 0.3) is 0 Å². The number of halogens is 1. The predicted octanol–water partition coefficient (Wildman–Crippen LogP) is 2.59. The van der Waals surface area contributed by atoms with E-state index in [2.05, 4.69) is 15.6 Å². The quantitative estimate of drug-likeness (QED) is 0.904. The smallest absolute Gasteiger partial charge is 0.315 e. The predicted molar refractivity (Wildman–Crippen MR) is 72.3 cm³/mol. The van der Waals surface area contributed by atoms with Crippen LogP contribution < -0.4 is 10.6 Å². The van der Waals surface area contributed by atoms with Gasteiger partial charge in [-0.3, -0.25) is 0 Å². The number of rotatable bonds is 4. The van der Waals surface area contributed by atoms with Crippen LogP contribution >= 0.6 is 11.3 Å². The van der Waals surface area contributed by atoms with E-state index in [1.165, 1.54) is 17.4 Å². The Balaban J connectivity index is 1.77. The highest BCUT2D eigenvalue weighted by Gasteiger charge is 2.05. The summed E-state index contributed by atoms with van der Waals surface area (Å²) in [4.78, 5) is 15.8. The van der Waals surface area contributed by atoms with Crippen LogP contribution in [0.2, 0.25) is 0 Å². The summed E-state index contributed by atoms with van der Waals surface area (Å²) in [7, 11) is 0. The highest BCUT2D eigenvalue weighted by molar-refractivity contribution is 7.09. The first-order valence-electron chi connectivity index (χ1n) is 5.81. The Morgan fingerprint density at radius 1 is 1.32 bits per heavy atom. The molecule has 0 radical (unpaired) electrons. The van der Waals surface area contributed by atoms with Crippen molar-refractivity contribution in [3.05, 3.63) is 51.7 Å². The molecule has 2 rings (SSSR count). The molecule has 4 nitrogen and oxygen atoms in total. The number of thiazole rings is 1. The number of benzene rings is 1. The molecular formula is C13H14FN3OS. The lowest BCUT2D eigenvalue weighted by atomic mass is 10.2. The first-order chi connectivity index (χ1) is 9.15. The van der Waals surface area contributed by atoms with Gasteiger partial charge in [0.2, 0.25) is 0 Å². The second kappa shape index (κ2) is 6.29. The van der Waals surface area contributed by atoms with Gasteiger partial charge in [-0.2, -0.15) is 0 Å². The minimum absolute atomic E-state index is 0.162. The molecule has 0 saturated heterocycles. The van der Waals surface area contributed by atoms with Crippen molar-refractivity contribution in [2.24, 2.45) is 0 Å². The zero-order valence-corrected chi connectivity index (χ0v) is 11.3. The molecule has 2 N–H and O–H groups in total. The van der Waals surface area contributed by atoms with Crippen molar-refractivity contribution < 1.29 is 9.18 Å². The minimum Gasteiger partial charge on any atom is -0.334 e. The summed E-state index contributed by atoms with van der Waals surface area (Å²) in [5, 5.41) is 8.05. The molecule has 0 saturated carbocycles. The fourth-order valence-electron chi connectivity index (χ4n) is 1.52. The Morgan fingerprint density at radius 3 is 2.74 bits per heavy atom. The van der Waals surface area contributed by atoms with Crippen LogP contribution in [0.1, 0.15) is 16.3 Å². The van der Waals surface area contributed by atoms with Gasteiger partial charge in [0.15, 0.2) is 0 Å². The van der Waals surface area contributed by atoms with Gasteiger partial charge in [0.1, 0.15) is 10.8 Å². The number of aromatic nitrogens is 1. The Morgan fingerprint density at radius 2 is 2.05 bits per heavy atom. The SMILES string of the molecule is Cc1csc(CNC(=O)NCc2ccccc2F)n1. The summed E-state index contributed by atoms with van der Waals surface area (Å²) in [5.74, 6) is -0.321. The maximum absolute atomic E-state index is 13.3. The van der Waals surface area contributed by atoms with Gasteiger partial charge in [-0.1, -0.05) is 18.2 Å². The molecule has 0 aliphatic carbocycles. The molecule has 2 amide bonds. The largest absolute Gasteiger partial charge is 0.334 e. The first kappa shape index (κ1) is 13.5. The third kappa shape index (κ3) is 4.03. The molecule has 0 unspecified atom stereocenters. The van der Waals surface area contributed by atoms with Crippen LogP contribution in [0.3, 0.4) is 0 Å². The zero-order chi connectivity index (χ0) is 13.7. The van der Waals surface area contributed by atoms with E-state index in [9.17, 15) is 9.18 Å². The summed E-state index contributed by atoms with van der Waals surface area (Å²) in [6.07, 6.45) is 0. The maximum Gasteiger partial charge on any atom is 0.315 e. The molecule has 0 spiro atoms. The maximum atomic E-state index is 13.3.